The van der Waals surface area contributed by atoms with Crippen LogP contribution in [0.15, 0.2) is 18.2 Å². The zero-order valence-electron chi connectivity index (χ0n) is 12.6. The molecule has 1 aliphatic rings. The number of nitrogens with two attached hydrogens (primary N) is 1. The first-order valence-corrected chi connectivity index (χ1v) is 6.63. The number of benzene rings is 1. The van der Waals surface area contributed by atoms with Gasteiger partial charge in [-0.3, -0.25) is 0 Å². The number of halogens is 1. The van der Waals surface area contributed by atoms with Crippen LogP contribution >= 0.6 is 0 Å². The Kier molecular flexibility index (Phi) is 3.84. The highest BCUT2D eigenvalue weighted by atomic mass is 19.1. The minimum Gasteiger partial charge on any atom is -0.493 e. The zero-order chi connectivity index (χ0) is 15.1. The highest BCUT2D eigenvalue weighted by Gasteiger charge is 2.53. The summed E-state index contributed by atoms with van der Waals surface area (Å²) in [4.78, 5) is 0. The molecule has 0 aliphatic carbocycles. The lowest BCUT2D eigenvalue weighted by molar-refractivity contribution is 0.00578. The molecule has 1 atom stereocenters. The van der Waals surface area contributed by atoms with Crippen LogP contribution in [0.25, 0.3) is 0 Å². The van der Waals surface area contributed by atoms with Gasteiger partial charge >= 0.3 is 7.12 Å². The maximum atomic E-state index is 13.7. The van der Waals surface area contributed by atoms with E-state index in [2.05, 4.69) is 0 Å². The van der Waals surface area contributed by atoms with Gasteiger partial charge in [-0.25, -0.2) is 4.39 Å². The standard InChI is InChI=1S/C14H21BFNO3/c1-13(2)14(3,4)20-15(19-13)12(17)9-7-6-8-10(16)11(9)18-5/h6-8,12H,17H2,1-5H3/t12-/m1/s1. The Morgan fingerprint density at radius 1 is 1.20 bits per heavy atom. The molecule has 1 aromatic rings. The molecule has 6 heteroatoms. The molecule has 2 rings (SSSR count). The Morgan fingerprint density at radius 2 is 1.75 bits per heavy atom. The van der Waals surface area contributed by atoms with Gasteiger partial charge in [0.1, 0.15) is 0 Å². The summed E-state index contributed by atoms with van der Waals surface area (Å²) in [5.74, 6) is -0.937. The van der Waals surface area contributed by atoms with Gasteiger partial charge in [0.25, 0.3) is 0 Å². The van der Waals surface area contributed by atoms with Crippen molar-refractivity contribution < 1.29 is 18.4 Å². The fraction of sp³-hybridized carbons (Fsp3) is 0.571. The van der Waals surface area contributed by atoms with Crippen molar-refractivity contribution in [2.24, 2.45) is 5.73 Å². The summed E-state index contributed by atoms with van der Waals surface area (Å²) in [5, 5.41) is 0. The van der Waals surface area contributed by atoms with Crippen LogP contribution < -0.4 is 10.5 Å². The average Bonchev–Trinajstić information content (AvgIpc) is 2.57. The van der Waals surface area contributed by atoms with Gasteiger partial charge in [-0.05, 0) is 33.8 Å². The highest BCUT2D eigenvalue weighted by molar-refractivity contribution is 6.47. The van der Waals surface area contributed by atoms with E-state index in [-0.39, 0.29) is 5.75 Å². The minimum atomic E-state index is -0.643. The van der Waals surface area contributed by atoms with Gasteiger partial charge in [-0.1, -0.05) is 12.1 Å². The van der Waals surface area contributed by atoms with E-state index in [0.717, 1.165) is 0 Å². The van der Waals surface area contributed by atoms with E-state index in [1.807, 2.05) is 27.7 Å². The third-order valence-electron chi connectivity index (χ3n) is 4.13. The molecule has 20 heavy (non-hydrogen) atoms. The quantitative estimate of drug-likeness (QED) is 0.865. The average molecular weight is 281 g/mol. The van der Waals surface area contributed by atoms with Crippen LogP contribution in [0, 0.1) is 5.82 Å². The van der Waals surface area contributed by atoms with E-state index in [1.165, 1.54) is 13.2 Å². The maximum Gasteiger partial charge on any atom is 0.480 e. The van der Waals surface area contributed by atoms with Gasteiger partial charge in [-0.2, -0.15) is 0 Å². The molecule has 0 aromatic heterocycles. The molecule has 0 radical (unpaired) electrons. The maximum absolute atomic E-state index is 13.7. The van der Waals surface area contributed by atoms with Crippen molar-refractivity contribution in [2.75, 3.05) is 7.11 Å². The zero-order valence-corrected chi connectivity index (χ0v) is 12.6. The van der Waals surface area contributed by atoms with Gasteiger partial charge in [0.05, 0.1) is 24.3 Å². The topological polar surface area (TPSA) is 53.7 Å². The smallest absolute Gasteiger partial charge is 0.480 e. The molecule has 0 amide bonds. The fourth-order valence-corrected chi connectivity index (χ4v) is 2.19. The molecule has 0 unspecified atom stereocenters. The predicted molar refractivity (Wildman–Crippen MR) is 76.0 cm³/mol. The normalized spacial score (nSPS) is 21.9. The largest absolute Gasteiger partial charge is 0.493 e. The molecule has 1 heterocycles. The van der Waals surface area contributed by atoms with Crippen LogP contribution in [-0.4, -0.2) is 25.4 Å². The van der Waals surface area contributed by atoms with Crippen LogP contribution in [-0.2, 0) is 9.31 Å². The number of hydrogen-bond donors (Lipinski definition) is 1. The van der Waals surface area contributed by atoms with Crippen LogP contribution in [0.4, 0.5) is 4.39 Å². The van der Waals surface area contributed by atoms with E-state index < -0.39 is 30.1 Å². The molecule has 4 nitrogen and oxygen atoms in total. The molecular formula is C14H21BFNO3. The van der Waals surface area contributed by atoms with E-state index in [9.17, 15) is 4.39 Å². The molecule has 2 N–H and O–H groups in total. The number of rotatable bonds is 3. The first-order valence-electron chi connectivity index (χ1n) is 6.63. The summed E-state index contributed by atoms with van der Waals surface area (Å²) in [6.07, 6.45) is 0. The third kappa shape index (κ3) is 2.43. The lowest BCUT2D eigenvalue weighted by atomic mass is 9.74. The molecule has 0 saturated carbocycles. The predicted octanol–water partition coefficient (Wildman–Crippen LogP) is 2.47. The summed E-state index contributed by atoms with van der Waals surface area (Å²) >= 11 is 0. The molecule has 1 saturated heterocycles. The molecule has 0 spiro atoms. The molecule has 1 fully saturated rings. The Morgan fingerprint density at radius 3 is 2.25 bits per heavy atom. The van der Waals surface area contributed by atoms with Gasteiger partial charge < -0.3 is 19.8 Å². The Bertz CT molecular complexity index is 491. The van der Waals surface area contributed by atoms with Gasteiger partial charge in [0, 0.05) is 5.56 Å². The van der Waals surface area contributed by atoms with E-state index in [0.29, 0.717) is 5.56 Å². The molecule has 1 aromatic carbocycles. The number of para-hydroxylation sites is 1. The summed E-state index contributed by atoms with van der Waals surface area (Å²) in [5.41, 5.74) is 5.77. The van der Waals surface area contributed by atoms with Gasteiger partial charge in [0.15, 0.2) is 11.6 Å². The van der Waals surface area contributed by atoms with Crippen LogP contribution in [0.5, 0.6) is 5.75 Å². The van der Waals surface area contributed by atoms with Crippen molar-refractivity contribution in [1.29, 1.82) is 0 Å². The lowest BCUT2D eigenvalue weighted by Gasteiger charge is -2.32. The Balaban J connectivity index is 2.30. The second kappa shape index (κ2) is 5.02. The van der Waals surface area contributed by atoms with Crippen molar-refractivity contribution in [3.05, 3.63) is 29.6 Å². The second-order valence-electron chi connectivity index (χ2n) is 6.01. The van der Waals surface area contributed by atoms with Crippen molar-refractivity contribution in [2.45, 2.75) is 44.8 Å². The summed E-state index contributed by atoms with van der Waals surface area (Å²) in [6.45, 7) is 7.79. The summed E-state index contributed by atoms with van der Waals surface area (Å²) in [6, 6.07) is 4.65. The number of ether oxygens (including phenoxy) is 1. The molecular weight excluding hydrogens is 260 g/mol. The van der Waals surface area contributed by atoms with Crippen LogP contribution in [0.1, 0.15) is 39.2 Å². The Hall–Kier alpha value is -1.11. The number of hydrogen-bond acceptors (Lipinski definition) is 4. The first kappa shape index (κ1) is 15.3. The summed E-state index contributed by atoms with van der Waals surface area (Å²) < 4.78 is 30.6. The third-order valence-corrected chi connectivity index (χ3v) is 4.13. The monoisotopic (exact) mass is 281 g/mol. The van der Waals surface area contributed by atoms with Crippen LogP contribution in [0.2, 0.25) is 0 Å². The van der Waals surface area contributed by atoms with Crippen molar-refractivity contribution in [3.63, 3.8) is 0 Å². The van der Waals surface area contributed by atoms with Crippen molar-refractivity contribution >= 4 is 7.12 Å². The van der Waals surface area contributed by atoms with Crippen molar-refractivity contribution in [1.82, 2.24) is 0 Å². The van der Waals surface area contributed by atoms with Gasteiger partial charge in [0.2, 0.25) is 0 Å². The molecule has 0 bridgehead atoms. The second-order valence-corrected chi connectivity index (χ2v) is 6.01. The Labute approximate surface area is 119 Å². The first-order chi connectivity index (χ1) is 9.19. The van der Waals surface area contributed by atoms with E-state index in [1.54, 1.807) is 12.1 Å². The lowest BCUT2D eigenvalue weighted by Crippen LogP contribution is -2.41. The summed E-state index contributed by atoms with van der Waals surface area (Å²) in [7, 11) is 0.773. The van der Waals surface area contributed by atoms with Crippen LogP contribution in [0.3, 0.4) is 0 Å². The van der Waals surface area contributed by atoms with E-state index >= 15 is 0 Å². The number of methoxy groups -OCH3 is 1. The van der Waals surface area contributed by atoms with E-state index in [4.69, 9.17) is 19.8 Å². The SMILES string of the molecule is COc1c(F)cccc1[C@@H](N)B1OC(C)(C)C(C)(C)O1. The molecule has 1 aliphatic heterocycles. The van der Waals surface area contributed by atoms with Crippen molar-refractivity contribution in [3.8, 4) is 5.75 Å². The fourth-order valence-electron chi connectivity index (χ4n) is 2.19. The molecule has 110 valence electrons. The van der Waals surface area contributed by atoms with Gasteiger partial charge in [-0.15, -0.1) is 0 Å². The highest BCUT2D eigenvalue weighted by Crippen LogP contribution is 2.40. The minimum absolute atomic E-state index is 0.134.